The van der Waals surface area contributed by atoms with Gasteiger partial charge in [-0.25, -0.2) is 14.6 Å². The van der Waals surface area contributed by atoms with E-state index in [-0.39, 0.29) is 29.8 Å². The number of rotatable bonds is 10. The molecule has 2 N–H and O–H groups in total. The second-order valence-corrected chi connectivity index (χ2v) is 13.8. The van der Waals surface area contributed by atoms with Crippen LogP contribution < -0.4 is 17.0 Å². The van der Waals surface area contributed by atoms with Gasteiger partial charge in [-0.2, -0.15) is 0 Å². The predicted molar refractivity (Wildman–Crippen MR) is 172 cm³/mol. The van der Waals surface area contributed by atoms with Crippen molar-refractivity contribution >= 4 is 33.9 Å². The van der Waals surface area contributed by atoms with Gasteiger partial charge >= 0.3 is 17.6 Å². The molecule has 1 aliphatic carbocycles. The second-order valence-electron chi connectivity index (χ2n) is 13.8. The summed E-state index contributed by atoms with van der Waals surface area (Å²) in [4.78, 5) is 56.9. The van der Waals surface area contributed by atoms with Crippen LogP contribution in [-0.2, 0) is 32.2 Å². The highest BCUT2D eigenvalue weighted by atomic mass is 16.6. The number of carbonyl (C=O) groups is 2. The molecule has 2 aromatic carbocycles. The molecule has 45 heavy (non-hydrogen) atoms. The fourth-order valence-electron chi connectivity index (χ4n) is 5.30. The normalized spacial score (nSPS) is 14.6. The number of esters is 2. The molecule has 240 valence electrons. The third kappa shape index (κ3) is 7.03. The number of nitrogens with two attached hydrogens (primary N) is 1. The van der Waals surface area contributed by atoms with Gasteiger partial charge in [0, 0.05) is 12.6 Å². The predicted octanol–water partition coefficient (Wildman–Crippen LogP) is 4.61. The van der Waals surface area contributed by atoms with Gasteiger partial charge in [0.15, 0.2) is 0 Å². The monoisotopic (exact) mass is 617 g/mol. The van der Waals surface area contributed by atoms with Crippen molar-refractivity contribution in [3.8, 4) is 0 Å². The fourth-order valence-corrected chi connectivity index (χ4v) is 5.30. The molecule has 0 saturated heterocycles. The third-order valence-corrected chi connectivity index (χ3v) is 7.79. The van der Waals surface area contributed by atoms with E-state index in [0.29, 0.717) is 53.8 Å². The van der Waals surface area contributed by atoms with Crippen molar-refractivity contribution in [2.45, 2.75) is 98.0 Å². The highest BCUT2D eigenvalue weighted by molar-refractivity contribution is 5.82. The minimum Gasteiger partial charge on any atom is -0.465 e. The van der Waals surface area contributed by atoms with Gasteiger partial charge in [-0.15, -0.1) is 0 Å². The zero-order valence-electron chi connectivity index (χ0n) is 27.0. The Balaban J connectivity index is 1.51. The minimum absolute atomic E-state index is 0.0904. The molecule has 1 saturated carbocycles. The van der Waals surface area contributed by atoms with Crippen LogP contribution in [-0.4, -0.2) is 42.8 Å². The Kier molecular flexibility index (Phi) is 8.77. The molecule has 11 nitrogen and oxygen atoms in total. The highest BCUT2D eigenvalue weighted by Crippen LogP contribution is 2.32. The van der Waals surface area contributed by atoms with Gasteiger partial charge in [0.1, 0.15) is 17.5 Å². The number of hydrogen-bond donors (Lipinski definition) is 1. The third-order valence-electron chi connectivity index (χ3n) is 7.79. The maximum Gasteiger partial charge on any atom is 0.332 e. The first kappa shape index (κ1) is 32.2. The first-order valence-corrected chi connectivity index (χ1v) is 15.5. The molecule has 4 aromatic rings. The number of carbonyl (C=O) groups excluding carboxylic acids is 2. The number of nitrogens with zero attached hydrogens (tertiary/aromatic N) is 4. The molecular formula is C34H43N5O6. The molecular weight excluding hydrogens is 574 g/mol. The summed E-state index contributed by atoms with van der Waals surface area (Å²) in [5, 5.41) is 0.484. The Hall–Kier alpha value is -4.25. The molecule has 2 heterocycles. The quantitative estimate of drug-likeness (QED) is 0.201. The van der Waals surface area contributed by atoms with Crippen LogP contribution in [0, 0.1) is 5.41 Å². The summed E-state index contributed by atoms with van der Waals surface area (Å²) >= 11 is 0. The topological polar surface area (TPSA) is 140 Å². The molecule has 0 amide bonds. The van der Waals surface area contributed by atoms with Crippen LogP contribution in [0.1, 0.15) is 90.7 Å². The molecule has 11 heteroatoms. The van der Waals surface area contributed by atoms with Crippen molar-refractivity contribution in [3.63, 3.8) is 0 Å². The largest absolute Gasteiger partial charge is 0.465 e. The van der Waals surface area contributed by atoms with Crippen LogP contribution in [0.3, 0.4) is 0 Å². The van der Waals surface area contributed by atoms with Crippen LogP contribution in [0.4, 0.5) is 0 Å². The molecule has 1 atom stereocenters. The van der Waals surface area contributed by atoms with Crippen LogP contribution in [0.15, 0.2) is 52.1 Å². The number of aryl methyl sites for hydroxylation is 1. The number of fused-ring (bicyclic) bond motifs is 2. The molecule has 0 spiro atoms. The Morgan fingerprint density at radius 3 is 2.36 bits per heavy atom. The average Bonchev–Trinajstić information content (AvgIpc) is 3.74. The number of ether oxygens (including phenoxy) is 2. The average molecular weight is 618 g/mol. The molecule has 1 aliphatic rings. The second kappa shape index (κ2) is 12.3. The van der Waals surface area contributed by atoms with Crippen molar-refractivity contribution in [3.05, 3.63) is 74.7 Å². The van der Waals surface area contributed by atoms with Gasteiger partial charge < -0.3 is 19.8 Å². The Bertz CT molecular complexity index is 1870. The van der Waals surface area contributed by atoms with E-state index in [0.717, 1.165) is 18.4 Å². The summed E-state index contributed by atoms with van der Waals surface area (Å²) in [6, 6.07) is 11.5. The highest BCUT2D eigenvalue weighted by Gasteiger charge is 2.30. The summed E-state index contributed by atoms with van der Waals surface area (Å²) in [5.74, 6) is -0.165. The van der Waals surface area contributed by atoms with Crippen molar-refractivity contribution in [2.75, 3.05) is 6.61 Å². The van der Waals surface area contributed by atoms with E-state index in [1.54, 1.807) is 55.7 Å². The lowest BCUT2D eigenvalue weighted by Gasteiger charge is -2.22. The summed E-state index contributed by atoms with van der Waals surface area (Å²) in [5.41, 5.74) is 6.95. The summed E-state index contributed by atoms with van der Waals surface area (Å²) in [6.45, 7) is 11.8. The van der Waals surface area contributed by atoms with E-state index in [4.69, 9.17) is 20.2 Å². The molecule has 2 aromatic heterocycles. The first-order chi connectivity index (χ1) is 21.2. The first-order valence-electron chi connectivity index (χ1n) is 15.5. The smallest absolute Gasteiger partial charge is 0.332 e. The number of benzene rings is 2. The van der Waals surface area contributed by atoms with E-state index in [2.05, 4.69) is 0 Å². The van der Waals surface area contributed by atoms with Crippen molar-refractivity contribution in [1.82, 2.24) is 18.7 Å². The Labute approximate surface area is 261 Å². The molecule has 0 bridgehead atoms. The molecule has 5 rings (SSSR count). The van der Waals surface area contributed by atoms with Gasteiger partial charge in [-0.3, -0.25) is 18.7 Å². The SMILES string of the molecule is CC(C)(C)OC(=O)C(N)c1ccc2c(c1)nc(Cn1c(=O)n(C3CC3)c(=O)c3ccccc31)n2CCCCOC(=O)C(C)(C)C. The molecule has 0 radical (unpaired) electrons. The van der Waals surface area contributed by atoms with Crippen LogP contribution in [0.5, 0.6) is 0 Å². The van der Waals surface area contributed by atoms with Crippen LogP contribution >= 0.6 is 0 Å². The summed E-state index contributed by atoms with van der Waals surface area (Å²) in [7, 11) is 0. The molecule has 0 aliphatic heterocycles. The van der Waals surface area contributed by atoms with E-state index < -0.39 is 23.0 Å². The minimum atomic E-state index is -0.992. The number of unbranched alkanes of at least 4 members (excludes halogenated alkanes) is 1. The van der Waals surface area contributed by atoms with Gasteiger partial charge in [0.2, 0.25) is 0 Å². The van der Waals surface area contributed by atoms with E-state index in [9.17, 15) is 19.2 Å². The number of aromatic nitrogens is 4. The van der Waals surface area contributed by atoms with E-state index in [1.165, 1.54) is 4.57 Å². The van der Waals surface area contributed by atoms with Crippen molar-refractivity contribution in [1.29, 1.82) is 0 Å². The standard InChI is InChI=1S/C34H43N5O6/c1-33(2,3)31(42)44-18-10-9-17-37-26-16-13-21(28(35)30(41)45-34(4,5)6)19-24(26)36-27(37)20-38-25-12-8-7-11-23(25)29(40)39(32(38)43)22-14-15-22/h7-8,11-13,16,19,22,28H,9-10,14-15,17-18,20,35H2,1-6H3. The Morgan fingerprint density at radius 1 is 0.978 bits per heavy atom. The van der Waals surface area contributed by atoms with Crippen LogP contribution in [0.2, 0.25) is 0 Å². The lowest BCUT2D eigenvalue weighted by molar-refractivity contribution is -0.156. The van der Waals surface area contributed by atoms with E-state index in [1.807, 2.05) is 37.5 Å². The maximum absolute atomic E-state index is 13.8. The zero-order valence-corrected chi connectivity index (χ0v) is 27.0. The fraction of sp³-hybridized carbons (Fsp3) is 0.500. The number of hydrogen-bond acceptors (Lipinski definition) is 8. The van der Waals surface area contributed by atoms with Gasteiger partial charge in [0.05, 0.1) is 40.5 Å². The summed E-state index contributed by atoms with van der Waals surface area (Å²) < 4.78 is 16.0. The Morgan fingerprint density at radius 2 is 1.69 bits per heavy atom. The van der Waals surface area contributed by atoms with Gasteiger partial charge in [-0.1, -0.05) is 18.2 Å². The summed E-state index contributed by atoms with van der Waals surface area (Å²) in [6.07, 6.45) is 2.92. The maximum atomic E-state index is 13.8. The van der Waals surface area contributed by atoms with Crippen molar-refractivity contribution < 1.29 is 19.1 Å². The van der Waals surface area contributed by atoms with Gasteiger partial charge in [-0.05, 0) is 97.1 Å². The number of imidazole rings is 1. The van der Waals surface area contributed by atoms with E-state index >= 15 is 0 Å². The van der Waals surface area contributed by atoms with Gasteiger partial charge in [0.25, 0.3) is 5.56 Å². The lowest BCUT2D eigenvalue weighted by atomic mass is 9.97. The molecule has 1 unspecified atom stereocenters. The molecule has 1 fully saturated rings. The van der Waals surface area contributed by atoms with Crippen molar-refractivity contribution in [2.24, 2.45) is 11.1 Å². The number of para-hydroxylation sites is 1. The zero-order chi connectivity index (χ0) is 32.7. The van der Waals surface area contributed by atoms with Crippen LogP contribution in [0.25, 0.3) is 21.9 Å². The lowest BCUT2D eigenvalue weighted by Crippen LogP contribution is -2.40.